The number of fused-ring (bicyclic) bond motifs is 1. The van der Waals surface area contributed by atoms with Crippen LogP contribution in [-0.4, -0.2) is 28.5 Å². The van der Waals surface area contributed by atoms with Crippen LogP contribution >= 0.6 is 0 Å². The molecule has 1 aliphatic rings. The minimum Gasteiger partial charge on any atom is -0.350 e. The zero-order chi connectivity index (χ0) is 13.4. The fourth-order valence-corrected chi connectivity index (χ4v) is 2.61. The zero-order valence-corrected chi connectivity index (χ0v) is 10.8. The highest BCUT2D eigenvalue weighted by atomic mass is 16.2. The van der Waals surface area contributed by atoms with Crippen LogP contribution in [0.2, 0.25) is 0 Å². The van der Waals surface area contributed by atoms with Gasteiger partial charge in [-0.2, -0.15) is 5.26 Å². The molecule has 1 fully saturated rings. The summed E-state index contributed by atoms with van der Waals surface area (Å²) >= 11 is 0. The summed E-state index contributed by atoms with van der Waals surface area (Å²) in [6, 6.07) is 10.3. The lowest BCUT2D eigenvalue weighted by atomic mass is 10.0. The lowest BCUT2D eigenvalue weighted by Gasteiger charge is -2.35. The Morgan fingerprint density at radius 1 is 1.42 bits per heavy atom. The summed E-state index contributed by atoms with van der Waals surface area (Å²) in [7, 11) is 1.99. The third-order valence-corrected chi connectivity index (χ3v) is 3.74. The van der Waals surface area contributed by atoms with Crippen LogP contribution < -0.4 is 0 Å². The van der Waals surface area contributed by atoms with Crippen LogP contribution in [-0.2, 0) is 18.3 Å². The minimum atomic E-state index is 0.0245. The molecule has 4 heteroatoms. The van der Waals surface area contributed by atoms with Gasteiger partial charge in [-0.15, -0.1) is 0 Å². The third-order valence-electron chi connectivity index (χ3n) is 3.74. The van der Waals surface area contributed by atoms with Crippen molar-refractivity contribution in [2.75, 3.05) is 13.1 Å². The molecule has 0 saturated carbocycles. The van der Waals surface area contributed by atoms with Crippen LogP contribution in [0.3, 0.4) is 0 Å². The van der Waals surface area contributed by atoms with Gasteiger partial charge in [-0.25, -0.2) is 0 Å². The lowest BCUT2D eigenvalue weighted by Crippen LogP contribution is -2.49. The SMILES string of the molecule is Cn1cc(CC(=O)N2CC(C#N)C2)c2ccccc21. The van der Waals surface area contributed by atoms with Crippen molar-refractivity contribution in [3.05, 3.63) is 36.0 Å². The Kier molecular flexibility index (Phi) is 2.75. The molecule has 4 nitrogen and oxygen atoms in total. The van der Waals surface area contributed by atoms with E-state index in [1.807, 2.05) is 36.0 Å². The number of nitrogens with zero attached hydrogens (tertiary/aromatic N) is 3. The first-order valence-electron chi connectivity index (χ1n) is 6.39. The van der Waals surface area contributed by atoms with Crippen LogP contribution in [0, 0.1) is 17.2 Å². The van der Waals surface area contributed by atoms with Gasteiger partial charge in [0.1, 0.15) is 0 Å². The average Bonchev–Trinajstić information content (AvgIpc) is 2.66. The first-order chi connectivity index (χ1) is 9.19. The van der Waals surface area contributed by atoms with E-state index in [2.05, 4.69) is 12.1 Å². The number of benzene rings is 1. The Morgan fingerprint density at radius 3 is 2.89 bits per heavy atom. The number of carbonyl (C=O) groups excluding carboxylic acids is 1. The molecule has 0 atom stereocenters. The number of nitriles is 1. The summed E-state index contributed by atoms with van der Waals surface area (Å²) < 4.78 is 2.05. The van der Waals surface area contributed by atoms with Crippen molar-refractivity contribution in [2.24, 2.45) is 13.0 Å². The Morgan fingerprint density at radius 2 is 2.16 bits per heavy atom. The first-order valence-corrected chi connectivity index (χ1v) is 6.39. The van der Waals surface area contributed by atoms with Crippen molar-refractivity contribution in [3.63, 3.8) is 0 Å². The van der Waals surface area contributed by atoms with Crippen LogP contribution in [0.15, 0.2) is 30.5 Å². The largest absolute Gasteiger partial charge is 0.350 e. The monoisotopic (exact) mass is 253 g/mol. The standard InChI is InChI=1S/C15H15N3O/c1-17-10-12(13-4-2-3-5-14(13)17)6-15(19)18-8-11(7-16)9-18/h2-5,10-11H,6,8-9H2,1H3. The number of amides is 1. The Labute approximate surface area is 111 Å². The number of para-hydroxylation sites is 1. The predicted octanol–water partition coefficient (Wildman–Crippen LogP) is 1.70. The van der Waals surface area contributed by atoms with Crippen LogP contribution in [0.25, 0.3) is 10.9 Å². The normalized spacial score (nSPS) is 15.3. The maximum absolute atomic E-state index is 12.1. The molecule has 3 rings (SSSR count). The quantitative estimate of drug-likeness (QED) is 0.818. The topological polar surface area (TPSA) is 49.0 Å². The van der Waals surface area contributed by atoms with Gasteiger partial charge >= 0.3 is 0 Å². The van der Waals surface area contributed by atoms with Crippen molar-refractivity contribution >= 4 is 16.8 Å². The molecule has 0 spiro atoms. The predicted molar refractivity (Wildman–Crippen MR) is 72.3 cm³/mol. The molecule has 0 unspecified atom stereocenters. The zero-order valence-electron chi connectivity index (χ0n) is 10.8. The number of carbonyl (C=O) groups is 1. The molecule has 0 bridgehead atoms. The van der Waals surface area contributed by atoms with Crippen LogP contribution in [0.4, 0.5) is 0 Å². The Hall–Kier alpha value is -2.28. The second kappa shape index (κ2) is 4.43. The van der Waals surface area contributed by atoms with Crippen molar-refractivity contribution in [1.29, 1.82) is 5.26 Å². The Bertz CT molecular complexity index is 674. The minimum absolute atomic E-state index is 0.0245. The van der Waals surface area contributed by atoms with E-state index in [-0.39, 0.29) is 11.8 Å². The van der Waals surface area contributed by atoms with Gasteiger partial charge in [0.05, 0.1) is 18.4 Å². The molecule has 1 amide bonds. The van der Waals surface area contributed by atoms with Crippen molar-refractivity contribution in [2.45, 2.75) is 6.42 Å². The van der Waals surface area contributed by atoms with Gasteiger partial charge in [-0.05, 0) is 11.6 Å². The van der Waals surface area contributed by atoms with E-state index in [0.29, 0.717) is 19.5 Å². The lowest BCUT2D eigenvalue weighted by molar-refractivity contribution is -0.135. The summed E-state index contributed by atoms with van der Waals surface area (Å²) in [5.74, 6) is 0.138. The van der Waals surface area contributed by atoms with E-state index < -0.39 is 0 Å². The van der Waals surface area contributed by atoms with E-state index in [4.69, 9.17) is 5.26 Å². The first kappa shape index (κ1) is 11.8. The molecule has 19 heavy (non-hydrogen) atoms. The summed E-state index contributed by atoms with van der Waals surface area (Å²) in [4.78, 5) is 13.9. The molecule has 2 heterocycles. The fourth-order valence-electron chi connectivity index (χ4n) is 2.61. The van der Waals surface area contributed by atoms with Gasteiger partial charge in [0.2, 0.25) is 5.91 Å². The molecule has 0 aliphatic carbocycles. The number of aromatic nitrogens is 1. The highest BCUT2D eigenvalue weighted by Crippen LogP contribution is 2.22. The van der Waals surface area contributed by atoms with E-state index in [1.165, 1.54) is 0 Å². The second-order valence-electron chi connectivity index (χ2n) is 5.08. The summed E-state index contributed by atoms with van der Waals surface area (Å²) in [6.45, 7) is 1.17. The van der Waals surface area contributed by atoms with Gasteiger partial charge in [0, 0.05) is 37.2 Å². The summed E-state index contributed by atoms with van der Waals surface area (Å²) in [5.41, 5.74) is 2.20. The van der Waals surface area contributed by atoms with Gasteiger partial charge in [-0.1, -0.05) is 18.2 Å². The molecular weight excluding hydrogens is 238 g/mol. The van der Waals surface area contributed by atoms with Gasteiger partial charge in [-0.3, -0.25) is 4.79 Å². The molecule has 1 aromatic carbocycles. The Balaban J connectivity index is 1.79. The fraction of sp³-hybridized carbons (Fsp3) is 0.333. The second-order valence-corrected chi connectivity index (χ2v) is 5.08. The van der Waals surface area contributed by atoms with E-state index >= 15 is 0 Å². The third kappa shape index (κ3) is 1.97. The number of likely N-dealkylation sites (tertiary alicyclic amines) is 1. The summed E-state index contributed by atoms with van der Waals surface area (Å²) in [5, 5.41) is 9.86. The highest BCUT2D eigenvalue weighted by Gasteiger charge is 2.30. The van der Waals surface area contributed by atoms with Crippen molar-refractivity contribution in [3.8, 4) is 6.07 Å². The molecule has 2 aromatic rings. The average molecular weight is 253 g/mol. The van der Waals surface area contributed by atoms with Crippen molar-refractivity contribution in [1.82, 2.24) is 9.47 Å². The van der Waals surface area contributed by atoms with Crippen LogP contribution in [0.1, 0.15) is 5.56 Å². The van der Waals surface area contributed by atoms with Crippen LogP contribution in [0.5, 0.6) is 0 Å². The van der Waals surface area contributed by atoms with Gasteiger partial charge in [0.25, 0.3) is 0 Å². The molecule has 1 aromatic heterocycles. The maximum Gasteiger partial charge on any atom is 0.227 e. The van der Waals surface area contributed by atoms with E-state index in [0.717, 1.165) is 16.5 Å². The maximum atomic E-state index is 12.1. The van der Waals surface area contributed by atoms with Crippen molar-refractivity contribution < 1.29 is 4.79 Å². The van der Waals surface area contributed by atoms with Gasteiger partial charge < -0.3 is 9.47 Å². The molecule has 0 radical (unpaired) electrons. The van der Waals surface area contributed by atoms with E-state index in [1.54, 1.807) is 4.90 Å². The highest BCUT2D eigenvalue weighted by molar-refractivity contribution is 5.89. The molecule has 96 valence electrons. The smallest absolute Gasteiger partial charge is 0.227 e. The number of hydrogen-bond donors (Lipinski definition) is 0. The number of hydrogen-bond acceptors (Lipinski definition) is 2. The molecule has 1 saturated heterocycles. The number of aryl methyl sites for hydroxylation is 1. The molecular formula is C15H15N3O. The number of rotatable bonds is 2. The van der Waals surface area contributed by atoms with Gasteiger partial charge in [0.15, 0.2) is 0 Å². The molecule has 1 aliphatic heterocycles. The summed E-state index contributed by atoms with van der Waals surface area (Å²) in [6.07, 6.45) is 2.43. The molecule has 0 N–H and O–H groups in total. The van der Waals surface area contributed by atoms with E-state index in [9.17, 15) is 4.79 Å².